The minimum atomic E-state index is -0.115. The molecule has 8 heteroatoms. The van der Waals surface area contributed by atoms with Gasteiger partial charge in [0.2, 0.25) is 5.91 Å². The van der Waals surface area contributed by atoms with Gasteiger partial charge in [-0.05, 0) is 37.3 Å². The number of hydrogen-bond donors (Lipinski definition) is 1. The van der Waals surface area contributed by atoms with Gasteiger partial charge in [0.05, 0.1) is 30.4 Å². The van der Waals surface area contributed by atoms with Crippen molar-refractivity contribution in [3.8, 4) is 28.5 Å². The van der Waals surface area contributed by atoms with Crippen molar-refractivity contribution in [3.05, 3.63) is 48.7 Å². The van der Waals surface area contributed by atoms with Crippen LogP contribution in [-0.4, -0.2) is 41.5 Å². The summed E-state index contributed by atoms with van der Waals surface area (Å²) in [4.78, 5) is 17.0. The van der Waals surface area contributed by atoms with Crippen LogP contribution in [0.2, 0.25) is 0 Å². The molecule has 3 aromatic rings. The lowest BCUT2D eigenvalue weighted by Crippen LogP contribution is -2.15. The highest BCUT2D eigenvalue weighted by Gasteiger charge is 2.17. The summed E-state index contributed by atoms with van der Waals surface area (Å²) in [5.74, 6) is 2.27. The predicted octanol–water partition coefficient (Wildman–Crippen LogP) is 4.08. The Morgan fingerprint density at radius 2 is 2.00 bits per heavy atom. The number of imidazole rings is 1. The van der Waals surface area contributed by atoms with Crippen LogP contribution in [-0.2, 0) is 11.3 Å². The van der Waals surface area contributed by atoms with E-state index in [1.54, 1.807) is 7.11 Å². The van der Waals surface area contributed by atoms with Gasteiger partial charge < -0.3 is 24.1 Å². The molecule has 7 nitrogen and oxygen atoms in total. The van der Waals surface area contributed by atoms with Gasteiger partial charge in [0, 0.05) is 12.1 Å². The number of para-hydroxylation sites is 2. The summed E-state index contributed by atoms with van der Waals surface area (Å²) < 4.78 is 18.7. The first kappa shape index (κ1) is 20.2. The number of anilines is 1. The molecule has 1 aliphatic rings. The van der Waals surface area contributed by atoms with Crippen LogP contribution in [0.25, 0.3) is 11.3 Å². The van der Waals surface area contributed by atoms with Crippen molar-refractivity contribution >= 4 is 23.4 Å². The second kappa shape index (κ2) is 9.13. The summed E-state index contributed by atoms with van der Waals surface area (Å²) in [6.45, 7) is 3.91. The molecule has 156 valence electrons. The van der Waals surface area contributed by atoms with E-state index in [0.29, 0.717) is 24.7 Å². The number of benzene rings is 2. The molecule has 1 N–H and O–H groups in total. The van der Waals surface area contributed by atoms with Gasteiger partial charge in [-0.15, -0.1) is 0 Å². The van der Waals surface area contributed by atoms with Crippen LogP contribution in [0, 0.1) is 0 Å². The van der Waals surface area contributed by atoms with E-state index in [1.807, 2.05) is 48.7 Å². The summed E-state index contributed by atoms with van der Waals surface area (Å²) in [6.07, 6.45) is 1.83. The smallest absolute Gasteiger partial charge is 0.234 e. The highest BCUT2D eigenvalue weighted by atomic mass is 32.2. The highest BCUT2D eigenvalue weighted by Crippen LogP contribution is 2.35. The van der Waals surface area contributed by atoms with Crippen molar-refractivity contribution in [1.82, 2.24) is 9.55 Å². The van der Waals surface area contributed by atoms with Gasteiger partial charge in [-0.3, -0.25) is 4.79 Å². The SMILES string of the molecule is CCn1c(-c2ccc3c(c2)OCCO3)cnc1SCC(=O)Nc1ccccc1OC. The number of nitrogens with zero attached hydrogens (tertiary/aromatic N) is 2. The average molecular weight is 426 g/mol. The molecule has 0 unspecified atom stereocenters. The summed E-state index contributed by atoms with van der Waals surface area (Å²) in [5.41, 5.74) is 2.63. The molecule has 1 aromatic heterocycles. The van der Waals surface area contributed by atoms with Gasteiger partial charge in [0.15, 0.2) is 16.7 Å². The summed E-state index contributed by atoms with van der Waals surface area (Å²) in [6, 6.07) is 13.2. The standard InChI is InChI=1S/C22H23N3O4S/c1-3-25-17(15-8-9-19-20(12-15)29-11-10-28-19)13-23-22(25)30-14-21(26)24-16-6-4-5-7-18(16)27-2/h4-9,12-13H,3,10-11,14H2,1-2H3,(H,24,26). The topological polar surface area (TPSA) is 74.6 Å². The Bertz CT molecular complexity index is 1050. The molecule has 0 radical (unpaired) electrons. The van der Waals surface area contributed by atoms with Crippen LogP contribution < -0.4 is 19.5 Å². The molecule has 2 aromatic carbocycles. The van der Waals surface area contributed by atoms with E-state index in [2.05, 4.69) is 21.8 Å². The van der Waals surface area contributed by atoms with Crippen LogP contribution in [0.15, 0.2) is 53.8 Å². The van der Waals surface area contributed by atoms with Crippen molar-refractivity contribution in [1.29, 1.82) is 0 Å². The van der Waals surface area contributed by atoms with Crippen molar-refractivity contribution < 1.29 is 19.0 Å². The molecule has 0 saturated heterocycles. The van der Waals surface area contributed by atoms with E-state index in [0.717, 1.165) is 34.5 Å². The number of carbonyl (C=O) groups is 1. The second-order valence-corrected chi connectivity index (χ2v) is 7.51. The number of fused-ring (bicyclic) bond motifs is 1. The van der Waals surface area contributed by atoms with E-state index in [9.17, 15) is 4.79 Å². The van der Waals surface area contributed by atoms with Crippen LogP contribution in [0.1, 0.15) is 6.92 Å². The van der Waals surface area contributed by atoms with Gasteiger partial charge >= 0.3 is 0 Å². The first-order valence-electron chi connectivity index (χ1n) is 9.70. The quantitative estimate of drug-likeness (QED) is 0.575. The third-order valence-electron chi connectivity index (χ3n) is 4.69. The van der Waals surface area contributed by atoms with Crippen molar-refractivity contribution in [2.24, 2.45) is 0 Å². The molecule has 2 heterocycles. The number of thioether (sulfide) groups is 1. The largest absolute Gasteiger partial charge is 0.495 e. The van der Waals surface area contributed by atoms with Crippen LogP contribution >= 0.6 is 11.8 Å². The van der Waals surface area contributed by atoms with Crippen molar-refractivity contribution in [2.45, 2.75) is 18.6 Å². The van der Waals surface area contributed by atoms with Crippen LogP contribution in [0.3, 0.4) is 0 Å². The molecule has 1 aliphatic heterocycles. The molecule has 4 rings (SSSR count). The monoisotopic (exact) mass is 425 g/mol. The molecule has 0 saturated carbocycles. The lowest BCUT2D eigenvalue weighted by molar-refractivity contribution is -0.113. The molecule has 0 bridgehead atoms. The zero-order valence-electron chi connectivity index (χ0n) is 16.9. The van der Waals surface area contributed by atoms with Gasteiger partial charge in [-0.2, -0.15) is 0 Å². The van der Waals surface area contributed by atoms with Crippen molar-refractivity contribution in [2.75, 3.05) is 31.4 Å². The van der Waals surface area contributed by atoms with Gasteiger partial charge in [-0.1, -0.05) is 23.9 Å². The maximum absolute atomic E-state index is 12.4. The normalized spacial score (nSPS) is 12.5. The molecule has 0 aliphatic carbocycles. The molecule has 0 fully saturated rings. The Hall–Kier alpha value is -3.13. The minimum absolute atomic E-state index is 0.115. The number of methoxy groups -OCH3 is 1. The fraction of sp³-hybridized carbons (Fsp3) is 0.273. The van der Waals surface area contributed by atoms with E-state index in [-0.39, 0.29) is 11.7 Å². The van der Waals surface area contributed by atoms with Gasteiger partial charge in [-0.25, -0.2) is 4.98 Å². The van der Waals surface area contributed by atoms with E-state index in [1.165, 1.54) is 11.8 Å². The minimum Gasteiger partial charge on any atom is -0.495 e. The summed E-state index contributed by atoms with van der Waals surface area (Å²) >= 11 is 1.40. The number of amides is 1. The maximum atomic E-state index is 12.4. The number of rotatable bonds is 7. The van der Waals surface area contributed by atoms with Crippen LogP contribution in [0.4, 0.5) is 5.69 Å². The maximum Gasteiger partial charge on any atom is 0.234 e. The third-order valence-corrected chi connectivity index (χ3v) is 5.68. The van der Waals surface area contributed by atoms with Gasteiger partial charge in [0.1, 0.15) is 19.0 Å². The lowest BCUT2D eigenvalue weighted by atomic mass is 10.1. The first-order valence-corrected chi connectivity index (χ1v) is 10.7. The third kappa shape index (κ3) is 4.23. The number of ether oxygens (including phenoxy) is 3. The molecule has 0 atom stereocenters. The highest BCUT2D eigenvalue weighted by molar-refractivity contribution is 7.99. The lowest BCUT2D eigenvalue weighted by Gasteiger charge is -2.19. The zero-order chi connectivity index (χ0) is 20.9. The number of nitrogens with one attached hydrogen (secondary N) is 1. The number of carbonyl (C=O) groups excluding carboxylic acids is 1. The predicted molar refractivity (Wildman–Crippen MR) is 117 cm³/mol. The van der Waals surface area contributed by atoms with Crippen molar-refractivity contribution in [3.63, 3.8) is 0 Å². The zero-order valence-corrected chi connectivity index (χ0v) is 17.7. The Balaban J connectivity index is 1.47. The Labute approximate surface area is 179 Å². The molecular formula is C22H23N3O4S. The summed E-state index contributed by atoms with van der Waals surface area (Å²) in [5, 5.41) is 3.68. The van der Waals surface area contributed by atoms with Gasteiger partial charge in [0.25, 0.3) is 0 Å². The molecule has 1 amide bonds. The Morgan fingerprint density at radius 1 is 1.20 bits per heavy atom. The molecule has 30 heavy (non-hydrogen) atoms. The van der Waals surface area contributed by atoms with Crippen LogP contribution in [0.5, 0.6) is 17.2 Å². The van der Waals surface area contributed by atoms with E-state index < -0.39 is 0 Å². The molecule has 0 spiro atoms. The average Bonchev–Trinajstić information content (AvgIpc) is 3.20. The Morgan fingerprint density at radius 3 is 2.80 bits per heavy atom. The fourth-order valence-corrected chi connectivity index (χ4v) is 4.12. The first-order chi connectivity index (χ1) is 14.7. The Kier molecular flexibility index (Phi) is 6.13. The fourth-order valence-electron chi connectivity index (χ4n) is 3.28. The number of aromatic nitrogens is 2. The number of hydrogen-bond acceptors (Lipinski definition) is 6. The van der Waals surface area contributed by atoms with E-state index >= 15 is 0 Å². The van der Waals surface area contributed by atoms with E-state index in [4.69, 9.17) is 14.2 Å². The summed E-state index contributed by atoms with van der Waals surface area (Å²) in [7, 11) is 1.58. The molecular weight excluding hydrogens is 402 g/mol. The second-order valence-electron chi connectivity index (χ2n) is 6.57.